The molecule has 1 aliphatic heterocycles. The number of benzene rings is 3. The lowest BCUT2D eigenvalue weighted by atomic mass is 9.91. The fourth-order valence-corrected chi connectivity index (χ4v) is 5.11. The van der Waals surface area contributed by atoms with E-state index in [1.807, 2.05) is 30.3 Å². The summed E-state index contributed by atoms with van der Waals surface area (Å²) in [7, 11) is 0. The number of nitrogens with one attached hydrogen (secondary N) is 2. The van der Waals surface area contributed by atoms with Gasteiger partial charge in [0.2, 0.25) is 5.91 Å². The molecule has 1 unspecified atom stereocenters. The molecule has 1 fully saturated rings. The predicted octanol–water partition coefficient (Wildman–Crippen LogP) is 4.72. The highest BCUT2D eigenvalue weighted by atomic mass is 127. The molecule has 192 valence electrons. The van der Waals surface area contributed by atoms with Gasteiger partial charge in [-0.2, -0.15) is 0 Å². The molecule has 3 N–H and O–H groups in total. The lowest BCUT2D eigenvalue weighted by molar-refractivity contribution is -0.134. The number of carbonyl (C=O) groups is 3. The van der Waals surface area contributed by atoms with E-state index in [1.54, 1.807) is 49.4 Å². The van der Waals surface area contributed by atoms with Crippen LogP contribution >= 0.6 is 34.2 Å². The monoisotopic (exact) mass is 633 g/mol. The van der Waals surface area contributed by atoms with E-state index in [1.165, 1.54) is 0 Å². The Kier molecular flexibility index (Phi) is 8.67. The minimum atomic E-state index is -1.14. The van der Waals surface area contributed by atoms with Crippen LogP contribution in [0.5, 0.6) is 5.75 Å². The Morgan fingerprint density at radius 1 is 1.14 bits per heavy atom. The quantitative estimate of drug-likeness (QED) is 0.234. The number of halogens is 2. The number of imide groups is 1. The van der Waals surface area contributed by atoms with E-state index in [-0.39, 0.29) is 13.2 Å². The summed E-state index contributed by atoms with van der Waals surface area (Å²) < 4.78 is 6.27. The largest absolute Gasteiger partial charge is 0.491 e. The van der Waals surface area contributed by atoms with Crippen molar-refractivity contribution in [2.75, 3.05) is 18.5 Å². The number of nitrogens with zero attached hydrogens (tertiary/aromatic N) is 1. The third kappa shape index (κ3) is 6.06. The second kappa shape index (κ2) is 11.9. The molecule has 4 rings (SSSR count). The maximum atomic E-state index is 13.6. The van der Waals surface area contributed by atoms with E-state index < -0.39 is 35.8 Å². The highest BCUT2D eigenvalue weighted by molar-refractivity contribution is 14.1. The highest BCUT2D eigenvalue weighted by Crippen LogP contribution is 2.32. The minimum absolute atomic E-state index is 0.121. The summed E-state index contributed by atoms with van der Waals surface area (Å²) in [6.07, 6.45) is 0. The Morgan fingerprint density at radius 3 is 2.49 bits per heavy atom. The molecule has 1 heterocycles. The molecule has 37 heavy (non-hydrogen) atoms. The summed E-state index contributed by atoms with van der Waals surface area (Å²) in [5.41, 5.74) is 1.73. The van der Waals surface area contributed by atoms with Crippen LogP contribution in [0.15, 0.2) is 72.8 Å². The first-order valence-corrected chi connectivity index (χ1v) is 13.0. The highest BCUT2D eigenvalue weighted by Gasteiger charge is 2.47. The molecule has 8 nitrogen and oxygen atoms in total. The average Bonchev–Trinajstić information content (AvgIpc) is 3.19. The van der Waals surface area contributed by atoms with Crippen molar-refractivity contribution in [2.24, 2.45) is 0 Å². The zero-order valence-electron chi connectivity index (χ0n) is 19.9. The predicted molar refractivity (Wildman–Crippen MR) is 149 cm³/mol. The molecule has 10 heteroatoms. The topological polar surface area (TPSA) is 108 Å². The van der Waals surface area contributed by atoms with Gasteiger partial charge >= 0.3 is 6.03 Å². The number of carbonyl (C=O) groups excluding carboxylic acids is 3. The van der Waals surface area contributed by atoms with Gasteiger partial charge in [0.1, 0.15) is 24.4 Å². The Labute approximate surface area is 233 Å². The zero-order chi connectivity index (χ0) is 26.5. The van der Waals surface area contributed by atoms with Crippen molar-refractivity contribution >= 4 is 57.7 Å². The molecule has 4 amide bonds. The van der Waals surface area contributed by atoms with Gasteiger partial charge in [0.25, 0.3) is 5.91 Å². The molecule has 0 aromatic heterocycles. The lowest BCUT2D eigenvalue weighted by Crippen LogP contribution is -2.50. The first-order valence-electron chi connectivity index (χ1n) is 11.6. The summed E-state index contributed by atoms with van der Waals surface area (Å²) >= 11 is 8.45. The van der Waals surface area contributed by atoms with Gasteiger partial charge in [-0.05, 0) is 64.0 Å². The van der Waals surface area contributed by atoms with Gasteiger partial charge in [-0.1, -0.05) is 61.0 Å². The summed E-state index contributed by atoms with van der Waals surface area (Å²) in [5.74, 6) is -1.05. The minimum Gasteiger partial charge on any atom is -0.491 e. The third-order valence-electron chi connectivity index (χ3n) is 6.08. The molecule has 3 atom stereocenters. The molecule has 0 spiro atoms. The molecule has 0 bridgehead atoms. The van der Waals surface area contributed by atoms with Crippen LogP contribution in [0.4, 0.5) is 10.5 Å². The lowest BCUT2D eigenvalue weighted by Gasteiger charge is -2.30. The SMILES string of the molecule is C[C@@H](c1ccccc1)C(C(=O)Nc1ccc(I)cc1Cl)N1C(=O)N[C@H](c2ccc(OCCO)cc2)C1=O. The fourth-order valence-electron chi connectivity index (χ4n) is 4.21. The molecule has 0 radical (unpaired) electrons. The van der Waals surface area contributed by atoms with Crippen molar-refractivity contribution in [3.05, 3.63) is 92.5 Å². The number of hydrogen-bond donors (Lipinski definition) is 3. The van der Waals surface area contributed by atoms with Crippen LogP contribution in [0, 0.1) is 3.57 Å². The van der Waals surface area contributed by atoms with Crippen LogP contribution in [0.2, 0.25) is 5.02 Å². The van der Waals surface area contributed by atoms with Gasteiger partial charge in [-0.3, -0.25) is 9.59 Å². The normalized spacial score (nSPS) is 16.8. The second-order valence-electron chi connectivity index (χ2n) is 8.49. The summed E-state index contributed by atoms with van der Waals surface area (Å²) in [6.45, 7) is 1.83. The van der Waals surface area contributed by atoms with E-state index in [0.717, 1.165) is 14.0 Å². The van der Waals surface area contributed by atoms with Gasteiger partial charge in [-0.15, -0.1) is 0 Å². The van der Waals surface area contributed by atoms with Crippen molar-refractivity contribution in [1.82, 2.24) is 10.2 Å². The molecule has 0 aliphatic carbocycles. The van der Waals surface area contributed by atoms with E-state index in [9.17, 15) is 14.4 Å². The molecule has 3 aromatic rings. The maximum absolute atomic E-state index is 13.6. The van der Waals surface area contributed by atoms with Crippen LogP contribution in [0.25, 0.3) is 0 Å². The van der Waals surface area contributed by atoms with Crippen molar-refractivity contribution < 1.29 is 24.2 Å². The van der Waals surface area contributed by atoms with Crippen LogP contribution in [-0.4, -0.2) is 47.1 Å². The van der Waals surface area contributed by atoms with E-state index >= 15 is 0 Å². The van der Waals surface area contributed by atoms with E-state index in [2.05, 4.69) is 33.2 Å². The molecule has 0 saturated carbocycles. The standard InChI is InChI=1S/C27H25ClIN3O5/c1-16(17-5-3-2-4-6-17)24(25(34)30-22-12-9-19(29)15-21(22)28)32-26(35)23(31-27(32)36)18-7-10-20(11-8-18)37-14-13-33/h2-12,15-16,23-24,33H,13-14H2,1H3,(H,30,34)(H,31,36)/t16-,23+,24?/m0/s1. The Bertz CT molecular complexity index is 1290. The van der Waals surface area contributed by atoms with Gasteiger partial charge in [-0.25, -0.2) is 9.69 Å². The number of urea groups is 1. The Morgan fingerprint density at radius 2 is 1.84 bits per heavy atom. The maximum Gasteiger partial charge on any atom is 0.325 e. The molecular formula is C27H25ClIN3O5. The second-order valence-corrected chi connectivity index (χ2v) is 10.1. The van der Waals surface area contributed by atoms with Gasteiger partial charge in [0, 0.05) is 9.49 Å². The first kappa shape index (κ1) is 26.9. The van der Waals surface area contributed by atoms with E-state index in [4.69, 9.17) is 21.4 Å². The smallest absolute Gasteiger partial charge is 0.325 e. The summed E-state index contributed by atoms with van der Waals surface area (Å²) in [4.78, 5) is 41.4. The van der Waals surface area contributed by atoms with Crippen molar-refractivity contribution in [2.45, 2.75) is 24.9 Å². The van der Waals surface area contributed by atoms with E-state index in [0.29, 0.717) is 22.0 Å². The molecule has 3 aromatic carbocycles. The number of amides is 4. The number of aliphatic hydroxyl groups is 1. The Balaban J connectivity index is 1.64. The Hall–Kier alpha value is -3.15. The van der Waals surface area contributed by atoms with Gasteiger partial charge in [0.15, 0.2) is 0 Å². The van der Waals surface area contributed by atoms with Gasteiger partial charge in [0.05, 0.1) is 17.3 Å². The van der Waals surface area contributed by atoms with Crippen LogP contribution < -0.4 is 15.4 Å². The van der Waals surface area contributed by atoms with Crippen LogP contribution in [-0.2, 0) is 9.59 Å². The first-order chi connectivity index (χ1) is 17.8. The summed E-state index contributed by atoms with van der Waals surface area (Å²) in [6, 6.07) is 18.3. The number of hydrogen-bond acceptors (Lipinski definition) is 5. The number of anilines is 1. The molecule has 1 saturated heterocycles. The van der Waals surface area contributed by atoms with Crippen molar-refractivity contribution in [1.29, 1.82) is 0 Å². The number of ether oxygens (including phenoxy) is 1. The number of rotatable bonds is 9. The average molecular weight is 634 g/mol. The number of aliphatic hydroxyl groups excluding tert-OH is 1. The van der Waals surface area contributed by atoms with Crippen LogP contribution in [0.1, 0.15) is 30.0 Å². The molecular weight excluding hydrogens is 609 g/mol. The van der Waals surface area contributed by atoms with Crippen molar-refractivity contribution in [3.63, 3.8) is 0 Å². The molecule has 1 aliphatic rings. The van der Waals surface area contributed by atoms with Gasteiger partial charge < -0.3 is 20.5 Å². The zero-order valence-corrected chi connectivity index (χ0v) is 22.8. The van der Waals surface area contributed by atoms with Crippen LogP contribution in [0.3, 0.4) is 0 Å². The fraction of sp³-hybridized carbons (Fsp3) is 0.222. The third-order valence-corrected chi connectivity index (χ3v) is 7.06. The van der Waals surface area contributed by atoms with Crippen molar-refractivity contribution in [3.8, 4) is 5.75 Å². The summed E-state index contributed by atoms with van der Waals surface area (Å²) in [5, 5.41) is 14.8.